The van der Waals surface area contributed by atoms with Crippen LogP contribution in [0.2, 0.25) is 0 Å². The maximum absolute atomic E-state index is 14.0. The molecule has 0 aliphatic rings. The fourth-order valence-corrected chi connectivity index (χ4v) is 5.81. The average molecular weight is 599 g/mol. The molecule has 4 heteroatoms. The second kappa shape index (κ2) is 12.2. The van der Waals surface area contributed by atoms with Crippen LogP contribution in [0.3, 0.4) is 0 Å². The van der Waals surface area contributed by atoms with Crippen molar-refractivity contribution in [3.8, 4) is 22.3 Å². The SMILES string of the molecule is Cc1ccc(/C=C/c2c(-c3ccccc3)c(=O)oc3c2ccc2oc(=O)c(-c4ccccc4)c(/C=C/c4ccc(C)cc4)c23)cc1. The van der Waals surface area contributed by atoms with Crippen molar-refractivity contribution in [2.45, 2.75) is 13.8 Å². The molecule has 2 aromatic heterocycles. The summed E-state index contributed by atoms with van der Waals surface area (Å²) in [6.07, 6.45) is 7.85. The third-order valence-corrected chi connectivity index (χ3v) is 8.19. The average Bonchev–Trinajstić information content (AvgIpc) is 3.07. The quantitative estimate of drug-likeness (QED) is 0.141. The van der Waals surface area contributed by atoms with Gasteiger partial charge in [-0.05, 0) is 48.2 Å². The van der Waals surface area contributed by atoms with Gasteiger partial charge in [-0.3, -0.25) is 0 Å². The van der Waals surface area contributed by atoms with Crippen molar-refractivity contribution in [2.24, 2.45) is 0 Å². The first-order valence-corrected chi connectivity index (χ1v) is 15.2. The molecule has 7 aromatic rings. The van der Waals surface area contributed by atoms with E-state index in [2.05, 4.69) is 19.1 Å². The normalized spacial score (nSPS) is 11.7. The Morgan fingerprint density at radius 1 is 0.478 bits per heavy atom. The summed E-state index contributed by atoms with van der Waals surface area (Å²) in [5.74, 6) is 0. The largest absolute Gasteiger partial charge is 0.422 e. The minimum atomic E-state index is -0.476. The second-order valence-corrected chi connectivity index (χ2v) is 11.4. The Bertz CT molecular complexity index is 2380. The fourth-order valence-electron chi connectivity index (χ4n) is 5.81. The van der Waals surface area contributed by atoms with E-state index in [9.17, 15) is 9.59 Å². The zero-order valence-corrected chi connectivity index (χ0v) is 25.5. The summed E-state index contributed by atoms with van der Waals surface area (Å²) in [5.41, 5.74) is 7.72. The third kappa shape index (κ3) is 5.53. The minimum absolute atomic E-state index is 0.338. The number of fused-ring (bicyclic) bond motifs is 3. The monoisotopic (exact) mass is 598 g/mol. The van der Waals surface area contributed by atoms with Crippen molar-refractivity contribution in [1.29, 1.82) is 0 Å². The van der Waals surface area contributed by atoms with Gasteiger partial charge in [-0.25, -0.2) is 9.59 Å². The Morgan fingerprint density at radius 2 is 0.957 bits per heavy atom. The number of hydrogen-bond donors (Lipinski definition) is 0. The maximum Gasteiger partial charge on any atom is 0.344 e. The van der Waals surface area contributed by atoms with Crippen LogP contribution in [0.15, 0.2) is 140 Å². The highest BCUT2D eigenvalue weighted by Gasteiger charge is 2.22. The predicted octanol–water partition coefficient (Wildman–Crippen LogP) is 10.2. The highest BCUT2D eigenvalue weighted by molar-refractivity contribution is 6.12. The molecule has 0 aliphatic carbocycles. The van der Waals surface area contributed by atoms with Gasteiger partial charge in [-0.1, -0.05) is 145 Å². The molecule has 5 aromatic carbocycles. The highest BCUT2D eigenvalue weighted by Crippen LogP contribution is 2.37. The lowest BCUT2D eigenvalue weighted by atomic mass is 9.93. The molecule has 0 amide bonds. The molecule has 0 saturated heterocycles. The van der Waals surface area contributed by atoms with E-state index in [1.54, 1.807) is 6.07 Å². The summed E-state index contributed by atoms with van der Waals surface area (Å²) in [6.45, 7) is 4.09. The lowest BCUT2D eigenvalue weighted by Crippen LogP contribution is -2.09. The van der Waals surface area contributed by atoms with E-state index in [-0.39, 0.29) is 0 Å². The Balaban J connectivity index is 1.58. The second-order valence-electron chi connectivity index (χ2n) is 11.4. The number of aryl methyl sites for hydroxylation is 2. The summed E-state index contributed by atoms with van der Waals surface area (Å²) in [7, 11) is 0. The highest BCUT2D eigenvalue weighted by atomic mass is 16.4. The molecule has 0 aliphatic heterocycles. The van der Waals surface area contributed by atoms with E-state index in [0.717, 1.165) is 33.2 Å². The Labute approximate surface area is 266 Å². The van der Waals surface area contributed by atoms with Crippen molar-refractivity contribution in [3.63, 3.8) is 0 Å². The molecule has 0 atom stereocenters. The van der Waals surface area contributed by atoms with Crippen LogP contribution in [0.1, 0.15) is 33.4 Å². The zero-order chi connectivity index (χ0) is 31.6. The number of benzene rings is 5. The predicted molar refractivity (Wildman–Crippen MR) is 190 cm³/mol. The van der Waals surface area contributed by atoms with Crippen molar-refractivity contribution >= 4 is 46.2 Å². The Morgan fingerprint density at radius 3 is 1.50 bits per heavy atom. The smallest absolute Gasteiger partial charge is 0.344 e. The van der Waals surface area contributed by atoms with Gasteiger partial charge in [0.2, 0.25) is 0 Å². The van der Waals surface area contributed by atoms with Crippen LogP contribution in [0, 0.1) is 13.8 Å². The molecule has 0 bridgehead atoms. The van der Waals surface area contributed by atoms with E-state index in [1.165, 1.54) is 5.56 Å². The van der Waals surface area contributed by atoms with E-state index in [1.807, 2.05) is 134 Å². The topological polar surface area (TPSA) is 60.4 Å². The fraction of sp³-hybridized carbons (Fsp3) is 0.0476. The van der Waals surface area contributed by atoms with E-state index < -0.39 is 11.3 Å². The van der Waals surface area contributed by atoms with E-state index >= 15 is 0 Å². The summed E-state index contributed by atoms with van der Waals surface area (Å²) in [6, 6.07) is 39.0. The van der Waals surface area contributed by atoms with Gasteiger partial charge in [-0.15, -0.1) is 0 Å². The maximum atomic E-state index is 14.0. The first-order chi connectivity index (χ1) is 22.5. The molecule has 222 valence electrons. The van der Waals surface area contributed by atoms with Crippen LogP contribution in [0.4, 0.5) is 0 Å². The van der Waals surface area contributed by atoms with Crippen LogP contribution in [-0.2, 0) is 0 Å². The van der Waals surface area contributed by atoms with Crippen molar-refractivity contribution < 1.29 is 8.83 Å². The summed E-state index contributed by atoms with van der Waals surface area (Å²) < 4.78 is 12.2. The molecule has 0 radical (unpaired) electrons. The lowest BCUT2D eigenvalue weighted by Gasteiger charge is -2.14. The van der Waals surface area contributed by atoms with Gasteiger partial charge < -0.3 is 8.83 Å². The van der Waals surface area contributed by atoms with Gasteiger partial charge in [0.15, 0.2) is 5.58 Å². The van der Waals surface area contributed by atoms with Gasteiger partial charge in [0.05, 0.1) is 16.5 Å². The Kier molecular flexibility index (Phi) is 7.61. The molecule has 0 fully saturated rings. The summed E-state index contributed by atoms with van der Waals surface area (Å²) in [4.78, 5) is 27.6. The number of rotatable bonds is 6. The van der Waals surface area contributed by atoms with Crippen LogP contribution in [-0.4, -0.2) is 0 Å². The summed E-state index contributed by atoms with van der Waals surface area (Å²) >= 11 is 0. The van der Waals surface area contributed by atoms with Crippen LogP contribution in [0.5, 0.6) is 0 Å². The van der Waals surface area contributed by atoms with Crippen molar-refractivity contribution in [2.75, 3.05) is 0 Å². The third-order valence-electron chi connectivity index (χ3n) is 8.19. The van der Waals surface area contributed by atoms with Crippen LogP contribution < -0.4 is 11.3 Å². The first kappa shape index (κ1) is 28.8. The molecular formula is C42H30O4. The molecular weight excluding hydrogens is 568 g/mol. The van der Waals surface area contributed by atoms with Gasteiger partial charge in [0, 0.05) is 16.5 Å². The molecule has 0 spiro atoms. The molecule has 0 saturated carbocycles. The van der Waals surface area contributed by atoms with Gasteiger partial charge >= 0.3 is 11.3 Å². The van der Waals surface area contributed by atoms with Crippen molar-refractivity contribution in [1.82, 2.24) is 0 Å². The van der Waals surface area contributed by atoms with Crippen LogP contribution in [0.25, 0.3) is 68.5 Å². The molecule has 0 N–H and O–H groups in total. The van der Waals surface area contributed by atoms with E-state index in [4.69, 9.17) is 8.83 Å². The van der Waals surface area contributed by atoms with E-state index in [0.29, 0.717) is 38.8 Å². The lowest BCUT2D eigenvalue weighted by molar-refractivity contribution is 0.554. The minimum Gasteiger partial charge on any atom is -0.422 e. The van der Waals surface area contributed by atoms with Gasteiger partial charge in [0.1, 0.15) is 5.58 Å². The molecule has 2 heterocycles. The van der Waals surface area contributed by atoms with Gasteiger partial charge in [0.25, 0.3) is 0 Å². The number of hydrogen-bond acceptors (Lipinski definition) is 4. The first-order valence-electron chi connectivity index (χ1n) is 15.2. The molecule has 46 heavy (non-hydrogen) atoms. The molecule has 4 nitrogen and oxygen atoms in total. The van der Waals surface area contributed by atoms with Crippen molar-refractivity contribution in [3.05, 3.63) is 176 Å². The Hall–Kier alpha value is -6.00. The molecule has 7 rings (SSSR count). The zero-order valence-electron chi connectivity index (χ0n) is 25.5. The molecule has 0 unspecified atom stereocenters. The van der Waals surface area contributed by atoms with Gasteiger partial charge in [-0.2, -0.15) is 0 Å². The standard InChI is InChI=1S/C42H30O4/c1-27-13-17-29(18-14-27)21-23-33-34-25-26-36-39(40(34)46-42(44)37(33)31-9-5-3-6-10-31)35(24-22-30-19-15-28(2)16-20-30)38(41(43)45-36)32-11-7-4-8-12-32/h3-26H,1-2H3/b23-21+,24-22+. The van der Waals surface area contributed by atoms with Crippen LogP contribution >= 0.6 is 0 Å². The summed E-state index contributed by atoms with van der Waals surface area (Å²) in [5, 5.41) is 1.29.